The average molecular weight is 278 g/mol. The van der Waals surface area contributed by atoms with E-state index in [1.54, 1.807) is 6.07 Å². The van der Waals surface area contributed by atoms with Crippen LogP contribution >= 0.6 is 0 Å². The topological polar surface area (TPSA) is 51.2 Å². The molecular weight excluding hydrogens is 266 g/mol. The first-order chi connectivity index (χ1) is 9.67. The molecule has 0 radical (unpaired) electrons. The van der Waals surface area contributed by atoms with Gasteiger partial charge in [-0.3, -0.25) is 9.78 Å². The summed E-state index contributed by atoms with van der Waals surface area (Å²) in [5.74, 6) is -1.09. The molecule has 0 spiro atoms. The molecule has 0 aliphatic carbocycles. The molecule has 1 aromatic heterocycles. The Kier molecular flexibility index (Phi) is 4.37. The molecule has 104 valence electrons. The highest BCUT2D eigenvalue weighted by Gasteiger charge is 2.20. The summed E-state index contributed by atoms with van der Waals surface area (Å²) < 4.78 is 32.4. The zero-order chi connectivity index (χ0) is 14.5. The number of nitrogens with one attached hydrogen (secondary N) is 1. The summed E-state index contributed by atoms with van der Waals surface area (Å²) in [6, 6.07) is 5.57. The van der Waals surface area contributed by atoms with Gasteiger partial charge < -0.3 is 10.1 Å². The number of benzene rings is 1. The number of hydrogen-bond donors (Lipinski definition) is 1. The predicted octanol–water partition coefficient (Wildman–Crippen LogP) is 2.42. The fourth-order valence-corrected chi connectivity index (χ4v) is 1.95. The highest BCUT2D eigenvalue weighted by atomic mass is 19.1. The average Bonchev–Trinajstić information content (AvgIpc) is 2.45. The van der Waals surface area contributed by atoms with E-state index < -0.39 is 17.9 Å². The van der Waals surface area contributed by atoms with Crippen LogP contribution in [-0.2, 0) is 9.53 Å². The lowest BCUT2D eigenvalue weighted by Crippen LogP contribution is -2.23. The summed E-state index contributed by atoms with van der Waals surface area (Å²) in [5, 5.41) is 2.36. The number of rotatable bonds is 5. The molecule has 1 atom stereocenters. The van der Waals surface area contributed by atoms with Gasteiger partial charge in [0.2, 0.25) is 6.41 Å². The maximum absolute atomic E-state index is 14.0. The standard InChI is InChI=1S/C14H12F2N2O2/c1-20-14(18-8-19)13-11(3-2-4-12(13)16)9-5-10(15)7-17-6-9/h2-8,14H,1H3,(H,18,19). The van der Waals surface area contributed by atoms with Crippen molar-refractivity contribution in [1.29, 1.82) is 0 Å². The van der Waals surface area contributed by atoms with Crippen molar-refractivity contribution < 1.29 is 18.3 Å². The predicted molar refractivity (Wildman–Crippen MR) is 68.5 cm³/mol. The summed E-state index contributed by atoms with van der Waals surface area (Å²) in [7, 11) is 1.33. The minimum absolute atomic E-state index is 0.120. The number of aromatic nitrogens is 1. The zero-order valence-electron chi connectivity index (χ0n) is 10.6. The number of hydrogen-bond acceptors (Lipinski definition) is 3. The number of amides is 1. The number of methoxy groups -OCH3 is 1. The first kappa shape index (κ1) is 14.1. The van der Waals surface area contributed by atoms with Gasteiger partial charge in [-0.1, -0.05) is 12.1 Å². The summed E-state index contributed by atoms with van der Waals surface area (Å²) in [5.41, 5.74) is 0.918. The quantitative estimate of drug-likeness (QED) is 0.675. The molecule has 6 heteroatoms. The van der Waals surface area contributed by atoms with Crippen LogP contribution in [-0.4, -0.2) is 18.5 Å². The Balaban J connectivity index is 2.58. The van der Waals surface area contributed by atoms with E-state index in [2.05, 4.69) is 10.3 Å². The molecule has 2 aromatic rings. The van der Waals surface area contributed by atoms with Crippen molar-refractivity contribution in [3.05, 3.63) is 53.9 Å². The maximum atomic E-state index is 14.0. The minimum Gasteiger partial charge on any atom is -0.357 e. The number of ether oxygens (including phenoxy) is 1. The van der Waals surface area contributed by atoms with Gasteiger partial charge in [-0.25, -0.2) is 8.78 Å². The van der Waals surface area contributed by atoms with Crippen LogP contribution in [0.5, 0.6) is 0 Å². The van der Waals surface area contributed by atoms with E-state index >= 15 is 0 Å². The molecule has 1 unspecified atom stereocenters. The molecule has 2 rings (SSSR count). The van der Waals surface area contributed by atoms with E-state index in [-0.39, 0.29) is 5.56 Å². The molecule has 0 bridgehead atoms. The lowest BCUT2D eigenvalue weighted by molar-refractivity contribution is -0.113. The van der Waals surface area contributed by atoms with Gasteiger partial charge in [-0.2, -0.15) is 0 Å². The Morgan fingerprint density at radius 2 is 2.15 bits per heavy atom. The molecule has 1 heterocycles. The van der Waals surface area contributed by atoms with Gasteiger partial charge in [0.25, 0.3) is 0 Å². The van der Waals surface area contributed by atoms with Crippen LogP contribution in [0.15, 0.2) is 36.7 Å². The summed E-state index contributed by atoms with van der Waals surface area (Å²) in [6.07, 6.45) is 1.91. The molecule has 0 aliphatic rings. The molecule has 20 heavy (non-hydrogen) atoms. The molecule has 1 N–H and O–H groups in total. The Morgan fingerprint density at radius 1 is 1.35 bits per heavy atom. The van der Waals surface area contributed by atoms with E-state index in [4.69, 9.17) is 4.74 Å². The van der Waals surface area contributed by atoms with Crippen LogP contribution in [0, 0.1) is 11.6 Å². The van der Waals surface area contributed by atoms with Crippen LogP contribution in [0.2, 0.25) is 0 Å². The fraction of sp³-hybridized carbons (Fsp3) is 0.143. The van der Waals surface area contributed by atoms with E-state index in [0.29, 0.717) is 17.5 Å². The summed E-state index contributed by atoms with van der Waals surface area (Å²) in [6.45, 7) is 0. The van der Waals surface area contributed by atoms with Crippen LogP contribution < -0.4 is 5.32 Å². The Bertz CT molecular complexity index is 620. The first-order valence-corrected chi connectivity index (χ1v) is 5.79. The van der Waals surface area contributed by atoms with Crippen molar-refractivity contribution in [3.63, 3.8) is 0 Å². The Hall–Kier alpha value is -2.34. The third kappa shape index (κ3) is 2.80. The number of carbonyl (C=O) groups is 1. The van der Waals surface area contributed by atoms with E-state index in [1.807, 2.05) is 0 Å². The van der Waals surface area contributed by atoms with Gasteiger partial charge in [0, 0.05) is 24.4 Å². The normalized spacial score (nSPS) is 11.9. The smallest absolute Gasteiger partial charge is 0.209 e. The lowest BCUT2D eigenvalue weighted by Gasteiger charge is -2.19. The largest absolute Gasteiger partial charge is 0.357 e. The number of nitrogens with zero attached hydrogens (tertiary/aromatic N) is 1. The van der Waals surface area contributed by atoms with Crippen LogP contribution in [0.1, 0.15) is 11.8 Å². The Morgan fingerprint density at radius 3 is 2.80 bits per heavy atom. The van der Waals surface area contributed by atoms with Crippen LogP contribution in [0.3, 0.4) is 0 Å². The summed E-state index contributed by atoms with van der Waals surface area (Å²) >= 11 is 0. The van der Waals surface area contributed by atoms with Gasteiger partial charge in [-0.15, -0.1) is 0 Å². The van der Waals surface area contributed by atoms with Gasteiger partial charge >= 0.3 is 0 Å². The first-order valence-electron chi connectivity index (χ1n) is 5.79. The van der Waals surface area contributed by atoms with E-state index in [1.165, 1.54) is 31.5 Å². The van der Waals surface area contributed by atoms with Crippen molar-refractivity contribution in [1.82, 2.24) is 10.3 Å². The Labute approximate surface area is 114 Å². The third-order valence-corrected chi connectivity index (χ3v) is 2.79. The van der Waals surface area contributed by atoms with Crippen LogP contribution in [0.25, 0.3) is 11.1 Å². The number of carbonyl (C=O) groups excluding carboxylic acids is 1. The molecule has 0 saturated carbocycles. The molecule has 0 fully saturated rings. The second-order valence-electron chi connectivity index (χ2n) is 3.99. The molecular formula is C14H12F2N2O2. The van der Waals surface area contributed by atoms with Crippen molar-refractivity contribution in [3.8, 4) is 11.1 Å². The highest BCUT2D eigenvalue weighted by molar-refractivity contribution is 5.68. The molecule has 0 aliphatic heterocycles. The summed E-state index contributed by atoms with van der Waals surface area (Å²) in [4.78, 5) is 14.3. The lowest BCUT2D eigenvalue weighted by atomic mass is 9.99. The second-order valence-corrected chi connectivity index (χ2v) is 3.99. The van der Waals surface area contributed by atoms with Crippen molar-refractivity contribution in [2.75, 3.05) is 7.11 Å². The molecule has 4 nitrogen and oxygen atoms in total. The maximum Gasteiger partial charge on any atom is 0.209 e. The zero-order valence-corrected chi connectivity index (χ0v) is 10.6. The van der Waals surface area contributed by atoms with Crippen LogP contribution in [0.4, 0.5) is 8.78 Å². The monoisotopic (exact) mass is 278 g/mol. The minimum atomic E-state index is -0.966. The number of pyridine rings is 1. The number of halogens is 2. The fourth-order valence-electron chi connectivity index (χ4n) is 1.95. The van der Waals surface area contributed by atoms with E-state index in [0.717, 1.165) is 6.20 Å². The van der Waals surface area contributed by atoms with Gasteiger partial charge in [0.15, 0.2) is 6.23 Å². The van der Waals surface area contributed by atoms with Crippen molar-refractivity contribution >= 4 is 6.41 Å². The molecule has 1 amide bonds. The van der Waals surface area contributed by atoms with E-state index in [9.17, 15) is 13.6 Å². The van der Waals surface area contributed by atoms with Gasteiger partial charge in [0.05, 0.1) is 6.20 Å². The molecule has 0 saturated heterocycles. The SMILES string of the molecule is COC(NC=O)c1c(F)cccc1-c1cncc(F)c1. The van der Waals surface area contributed by atoms with Crippen molar-refractivity contribution in [2.45, 2.75) is 6.23 Å². The van der Waals surface area contributed by atoms with Gasteiger partial charge in [-0.05, 0) is 17.7 Å². The second kappa shape index (κ2) is 6.21. The highest BCUT2D eigenvalue weighted by Crippen LogP contribution is 2.30. The van der Waals surface area contributed by atoms with Crippen molar-refractivity contribution in [2.24, 2.45) is 0 Å². The molecule has 1 aromatic carbocycles. The van der Waals surface area contributed by atoms with Gasteiger partial charge in [0.1, 0.15) is 11.6 Å². The third-order valence-electron chi connectivity index (χ3n) is 2.79.